The lowest BCUT2D eigenvalue weighted by atomic mass is 9.92. The van der Waals surface area contributed by atoms with Crippen LogP contribution in [-0.4, -0.2) is 51.3 Å². The third kappa shape index (κ3) is 10.2. The lowest BCUT2D eigenvalue weighted by Gasteiger charge is -2.25. The number of guanidine groups is 1. The fourth-order valence-electron chi connectivity index (χ4n) is 2.77. The summed E-state index contributed by atoms with van der Waals surface area (Å²) in [4.78, 5) is 16.2. The van der Waals surface area contributed by atoms with Crippen molar-refractivity contribution >= 4 is 35.8 Å². The van der Waals surface area contributed by atoms with Crippen molar-refractivity contribution in [3.05, 3.63) is 0 Å². The zero-order valence-corrected chi connectivity index (χ0v) is 18.7. The molecule has 148 valence electrons. The molecule has 0 aromatic carbocycles. The van der Waals surface area contributed by atoms with Gasteiger partial charge in [0.25, 0.3) is 0 Å². The monoisotopic (exact) mass is 468 g/mol. The average molecular weight is 468 g/mol. The van der Waals surface area contributed by atoms with E-state index in [4.69, 9.17) is 4.74 Å². The van der Waals surface area contributed by atoms with Gasteiger partial charge in [0.1, 0.15) is 0 Å². The van der Waals surface area contributed by atoms with Crippen LogP contribution in [0.4, 0.5) is 0 Å². The Labute approximate surface area is 170 Å². The molecule has 0 aliphatic heterocycles. The van der Waals surface area contributed by atoms with Crippen LogP contribution in [0.2, 0.25) is 0 Å². The average Bonchev–Trinajstić information content (AvgIpc) is 2.58. The molecule has 0 bridgehead atoms. The molecule has 0 heterocycles. The van der Waals surface area contributed by atoms with E-state index in [9.17, 15) is 4.79 Å². The Morgan fingerprint density at radius 2 is 1.84 bits per heavy atom. The standard InChI is InChI=1S/C18H36N4O2.HI/c1-5-20-16(23)18(2,3)14-22-17(19-4)21-12-9-13-24-15-10-7-6-8-11-15;/h15H,5-14H2,1-4H3,(H,20,23)(H2,19,21,22);1H. The number of halogens is 1. The SMILES string of the molecule is CCNC(=O)C(C)(C)CNC(=NC)NCCCOC1CCCCC1.I. The molecule has 7 heteroatoms. The van der Waals surface area contributed by atoms with Crippen molar-refractivity contribution in [3.63, 3.8) is 0 Å². The summed E-state index contributed by atoms with van der Waals surface area (Å²) in [5.74, 6) is 0.777. The summed E-state index contributed by atoms with van der Waals surface area (Å²) >= 11 is 0. The second-order valence-electron chi connectivity index (χ2n) is 7.08. The second kappa shape index (κ2) is 13.6. The summed E-state index contributed by atoms with van der Waals surface area (Å²) in [6.45, 7) is 8.57. The number of nitrogens with zero attached hydrogens (tertiary/aromatic N) is 1. The van der Waals surface area contributed by atoms with Crippen LogP contribution in [0.5, 0.6) is 0 Å². The van der Waals surface area contributed by atoms with Gasteiger partial charge in [0.2, 0.25) is 5.91 Å². The van der Waals surface area contributed by atoms with Gasteiger partial charge in [-0.05, 0) is 40.0 Å². The fourth-order valence-corrected chi connectivity index (χ4v) is 2.77. The topological polar surface area (TPSA) is 74.8 Å². The number of amides is 1. The Balaban J connectivity index is 0.00000576. The molecule has 25 heavy (non-hydrogen) atoms. The highest BCUT2D eigenvalue weighted by atomic mass is 127. The molecule has 1 rings (SSSR count). The van der Waals surface area contributed by atoms with Crippen molar-refractivity contribution in [2.24, 2.45) is 10.4 Å². The molecule has 6 nitrogen and oxygen atoms in total. The highest BCUT2D eigenvalue weighted by Crippen LogP contribution is 2.20. The maximum atomic E-state index is 12.0. The summed E-state index contributed by atoms with van der Waals surface area (Å²) in [5, 5.41) is 9.37. The molecular formula is C18H37IN4O2. The first-order valence-electron chi connectivity index (χ1n) is 9.34. The first-order valence-corrected chi connectivity index (χ1v) is 9.34. The summed E-state index contributed by atoms with van der Waals surface area (Å²) in [6.07, 6.45) is 7.82. The third-order valence-corrected chi connectivity index (χ3v) is 4.39. The van der Waals surface area contributed by atoms with E-state index >= 15 is 0 Å². The van der Waals surface area contributed by atoms with E-state index < -0.39 is 5.41 Å². The maximum absolute atomic E-state index is 12.0. The van der Waals surface area contributed by atoms with E-state index in [-0.39, 0.29) is 29.9 Å². The van der Waals surface area contributed by atoms with Crippen molar-refractivity contribution in [1.82, 2.24) is 16.0 Å². The summed E-state index contributed by atoms with van der Waals surface area (Å²) < 4.78 is 5.92. The van der Waals surface area contributed by atoms with Crippen molar-refractivity contribution in [1.29, 1.82) is 0 Å². The van der Waals surface area contributed by atoms with Crippen LogP contribution >= 0.6 is 24.0 Å². The normalized spacial score (nSPS) is 16.1. The van der Waals surface area contributed by atoms with Gasteiger partial charge in [0.15, 0.2) is 5.96 Å². The molecule has 0 aromatic rings. The van der Waals surface area contributed by atoms with Gasteiger partial charge in [-0.3, -0.25) is 9.79 Å². The summed E-state index contributed by atoms with van der Waals surface area (Å²) in [5.41, 5.74) is -0.474. The molecule has 0 radical (unpaired) electrons. The van der Waals surface area contributed by atoms with Crippen molar-refractivity contribution in [2.75, 3.05) is 33.3 Å². The van der Waals surface area contributed by atoms with Crippen molar-refractivity contribution in [3.8, 4) is 0 Å². The van der Waals surface area contributed by atoms with Gasteiger partial charge in [-0.15, -0.1) is 24.0 Å². The molecule has 0 spiro atoms. The van der Waals surface area contributed by atoms with E-state index in [2.05, 4.69) is 20.9 Å². The van der Waals surface area contributed by atoms with Crippen LogP contribution in [-0.2, 0) is 9.53 Å². The molecule has 0 atom stereocenters. The summed E-state index contributed by atoms with van der Waals surface area (Å²) in [6, 6.07) is 0. The molecule has 1 aliphatic carbocycles. The van der Waals surface area contributed by atoms with Gasteiger partial charge in [-0.25, -0.2) is 0 Å². The number of rotatable bonds is 9. The lowest BCUT2D eigenvalue weighted by molar-refractivity contribution is -0.128. The Bertz CT molecular complexity index is 397. The van der Waals surface area contributed by atoms with Gasteiger partial charge in [0, 0.05) is 33.3 Å². The van der Waals surface area contributed by atoms with E-state index in [1.165, 1.54) is 32.1 Å². The highest BCUT2D eigenvalue weighted by molar-refractivity contribution is 14.0. The maximum Gasteiger partial charge on any atom is 0.227 e. The smallest absolute Gasteiger partial charge is 0.227 e. The number of hydrogen-bond donors (Lipinski definition) is 3. The van der Waals surface area contributed by atoms with Gasteiger partial charge < -0.3 is 20.7 Å². The Hall–Kier alpha value is -0.570. The van der Waals surface area contributed by atoms with Gasteiger partial charge in [0.05, 0.1) is 11.5 Å². The zero-order valence-electron chi connectivity index (χ0n) is 16.3. The molecule has 1 saturated carbocycles. The zero-order chi connectivity index (χ0) is 17.8. The van der Waals surface area contributed by atoms with Crippen LogP contribution < -0.4 is 16.0 Å². The van der Waals surface area contributed by atoms with Crippen LogP contribution in [0.3, 0.4) is 0 Å². The van der Waals surface area contributed by atoms with Crippen molar-refractivity contribution in [2.45, 2.75) is 65.4 Å². The van der Waals surface area contributed by atoms with Crippen LogP contribution in [0, 0.1) is 5.41 Å². The number of ether oxygens (including phenoxy) is 1. The van der Waals surface area contributed by atoms with Crippen molar-refractivity contribution < 1.29 is 9.53 Å². The van der Waals surface area contributed by atoms with Crippen LogP contribution in [0.1, 0.15) is 59.3 Å². The molecule has 3 N–H and O–H groups in total. The summed E-state index contributed by atoms with van der Waals surface area (Å²) in [7, 11) is 1.74. The van der Waals surface area contributed by atoms with Crippen LogP contribution in [0.15, 0.2) is 4.99 Å². The molecule has 0 unspecified atom stereocenters. The largest absolute Gasteiger partial charge is 0.378 e. The number of nitrogens with one attached hydrogen (secondary N) is 3. The first kappa shape index (κ1) is 24.4. The molecule has 1 amide bonds. The molecule has 1 aliphatic rings. The minimum absolute atomic E-state index is 0. The van der Waals surface area contributed by atoms with Gasteiger partial charge in [-0.1, -0.05) is 19.3 Å². The van der Waals surface area contributed by atoms with E-state index in [0.717, 1.165) is 25.5 Å². The minimum Gasteiger partial charge on any atom is -0.378 e. The molecular weight excluding hydrogens is 431 g/mol. The number of aliphatic imine (C=N–C) groups is 1. The molecule has 0 saturated heterocycles. The second-order valence-corrected chi connectivity index (χ2v) is 7.08. The van der Waals surface area contributed by atoms with E-state index in [1.54, 1.807) is 7.05 Å². The Kier molecular flexibility index (Phi) is 13.3. The number of hydrogen-bond acceptors (Lipinski definition) is 3. The molecule has 1 fully saturated rings. The van der Waals surface area contributed by atoms with Crippen LogP contribution in [0.25, 0.3) is 0 Å². The highest BCUT2D eigenvalue weighted by Gasteiger charge is 2.27. The van der Waals surface area contributed by atoms with Gasteiger partial charge >= 0.3 is 0 Å². The lowest BCUT2D eigenvalue weighted by Crippen LogP contribution is -2.48. The predicted octanol–water partition coefficient (Wildman–Crippen LogP) is 2.67. The first-order chi connectivity index (χ1) is 11.5. The predicted molar refractivity (Wildman–Crippen MR) is 115 cm³/mol. The third-order valence-electron chi connectivity index (χ3n) is 4.39. The number of carbonyl (C=O) groups excluding carboxylic acids is 1. The number of carbonyl (C=O) groups is 1. The minimum atomic E-state index is -0.474. The fraction of sp³-hybridized carbons (Fsp3) is 0.889. The Morgan fingerprint density at radius 3 is 2.44 bits per heavy atom. The molecule has 0 aromatic heterocycles. The van der Waals surface area contributed by atoms with E-state index in [1.807, 2.05) is 20.8 Å². The Morgan fingerprint density at radius 1 is 1.16 bits per heavy atom. The van der Waals surface area contributed by atoms with E-state index in [0.29, 0.717) is 19.2 Å². The van der Waals surface area contributed by atoms with Gasteiger partial charge in [-0.2, -0.15) is 0 Å². The quantitative estimate of drug-likeness (QED) is 0.211.